The van der Waals surface area contributed by atoms with Crippen LogP contribution in [0.1, 0.15) is 24.3 Å². The molecule has 4 heteroatoms. The highest BCUT2D eigenvalue weighted by atomic mass is 32.1. The molecule has 2 rings (SSSR count). The molecule has 0 fully saturated rings. The quantitative estimate of drug-likeness (QED) is 0.903. The second-order valence-electron chi connectivity index (χ2n) is 3.99. The van der Waals surface area contributed by atoms with E-state index in [0.29, 0.717) is 0 Å². The Balaban J connectivity index is 2.20. The summed E-state index contributed by atoms with van der Waals surface area (Å²) < 4.78 is 12.8. The van der Waals surface area contributed by atoms with E-state index in [9.17, 15) is 4.39 Å². The van der Waals surface area contributed by atoms with Gasteiger partial charge in [0.05, 0.1) is 10.7 Å². The third-order valence-corrected chi connectivity index (χ3v) is 3.72. The van der Waals surface area contributed by atoms with Gasteiger partial charge in [0.1, 0.15) is 5.82 Å². The van der Waals surface area contributed by atoms with Crippen LogP contribution in [0, 0.1) is 5.82 Å². The Morgan fingerprint density at radius 2 is 2.06 bits per heavy atom. The highest BCUT2D eigenvalue weighted by Crippen LogP contribution is 2.27. The fourth-order valence-electron chi connectivity index (χ4n) is 1.58. The van der Waals surface area contributed by atoms with Gasteiger partial charge in [-0.3, -0.25) is 0 Å². The lowest BCUT2D eigenvalue weighted by molar-refractivity contribution is 0.278. The molecule has 90 valence electrons. The number of halogens is 1. The molecule has 0 aliphatic rings. The van der Waals surface area contributed by atoms with Crippen molar-refractivity contribution in [1.82, 2.24) is 4.98 Å². The number of hydrogen-bond acceptors (Lipinski definition) is 3. The average Bonchev–Trinajstić information content (AvgIpc) is 2.80. The highest BCUT2D eigenvalue weighted by Gasteiger charge is 2.10. The lowest BCUT2D eigenvalue weighted by atomic mass is 10.1. The van der Waals surface area contributed by atoms with Crippen molar-refractivity contribution in [2.45, 2.75) is 19.3 Å². The van der Waals surface area contributed by atoms with Crippen molar-refractivity contribution < 1.29 is 9.50 Å². The number of aliphatic hydroxyl groups excluding tert-OH is 1. The van der Waals surface area contributed by atoms with Crippen LogP contribution in [-0.2, 0) is 0 Å². The minimum absolute atomic E-state index is 0.173. The van der Waals surface area contributed by atoms with E-state index in [1.54, 1.807) is 23.5 Å². The molecular formula is C13H14FNOS. The summed E-state index contributed by atoms with van der Waals surface area (Å²) >= 11 is 1.58. The first-order valence-corrected chi connectivity index (χ1v) is 6.41. The van der Waals surface area contributed by atoms with Crippen LogP contribution in [0.4, 0.5) is 4.39 Å². The average molecular weight is 251 g/mol. The maximum absolute atomic E-state index is 12.8. The molecule has 1 N–H and O–H groups in total. The van der Waals surface area contributed by atoms with Crippen LogP contribution < -0.4 is 0 Å². The van der Waals surface area contributed by atoms with Crippen LogP contribution >= 0.6 is 11.3 Å². The van der Waals surface area contributed by atoms with E-state index in [-0.39, 0.29) is 18.3 Å². The monoisotopic (exact) mass is 251 g/mol. The van der Waals surface area contributed by atoms with Crippen LogP contribution in [0.25, 0.3) is 11.3 Å². The zero-order chi connectivity index (χ0) is 12.3. The summed E-state index contributed by atoms with van der Waals surface area (Å²) in [5.41, 5.74) is 1.79. The zero-order valence-electron chi connectivity index (χ0n) is 9.56. The van der Waals surface area contributed by atoms with Gasteiger partial charge in [-0.1, -0.05) is 6.92 Å². The predicted octanol–water partition coefficient (Wildman–Crippen LogP) is 3.44. The van der Waals surface area contributed by atoms with Crippen LogP contribution in [0.3, 0.4) is 0 Å². The fraction of sp³-hybridized carbons (Fsp3) is 0.308. The van der Waals surface area contributed by atoms with E-state index in [2.05, 4.69) is 4.98 Å². The minimum Gasteiger partial charge on any atom is -0.396 e. The number of nitrogens with zero attached hydrogens (tertiary/aromatic N) is 1. The lowest BCUT2D eigenvalue weighted by Gasteiger charge is -2.04. The first-order valence-electron chi connectivity index (χ1n) is 5.53. The summed E-state index contributed by atoms with van der Waals surface area (Å²) in [4.78, 5) is 4.51. The summed E-state index contributed by atoms with van der Waals surface area (Å²) in [6.07, 6.45) is 0.719. The molecule has 1 unspecified atom stereocenters. The first-order chi connectivity index (χ1) is 8.20. The van der Waals surface area contributed by atoms with Crippen molar-refractivity contribution in [2.24, 2.45) is 0 Å². The molecule has 0 spiro atoms. The molecule has 2 nitrogen and oxygen atoms in total. The number of aromatic nitrogens is 1. The van der Waals surface area contributed by atoms with Crippen LogP contribution in [-0.4, -0.2) is 16.7 Å². The van der Waals surface area contributed by atoms with E-state index in [0.717, 1.165) is 22.7 Å². The van der Waals surface area contributed by atoms with Crippen molar-refractivity contribution >= 4 is 11.3 Å². The number of thiazole rings is 1. The van der Waals surface area contributed by atoms with Gasteiger partial charge in [-0.25, -0.2) is 9.37 Å². The molecule has 1 aromatic heterocycles. The zero-order valence-corrected chi connectivity index (χ0v) is 10.4. The van der Waals surface area contributed by atoms with Gasteiger partial charge in [-0.05, 0) is 30.7 Å². The Bertz CT molecular complexity index is 480. The SMILES string of the molecule is CC(CCO)c1nc(-c2ccc(F)cc2)cs1. The van der Waals surface area contributed by atoms with Gasteiger partial charge in [-0.2, -0.15) is 0 Å². The van der Waals surface area contributed by atoms with Crippen molar-refractivity contribution in [1.29, 1.82) is 0 Å². The standard InChI is InChI=1S/C13H14FNOS/c1-9(6-7-16)13-15-12(8-17-13)10-2-4-11(14)5-3-10/h2-5,8-9,16H,6-7H2,1H3. The van der Waals surface area contributed by atoms with Gasteiger partial charge in [0.2, 0.25) is 0 Å². The molecule has 0 saturated carbocycles. The largest absolute Gasteiger partial charge is 0.396 e. The van der Waals surface area contributed by atoms with Crippen molar-refractivity contribution in [3.8, 4) is 11.3 Å². The minimum atomic E-state index is -0.238. The van der Waals surface area contributed by atoms with E-state index in [4.69, 9.17) is 5.11 Å². The molecule has 0 bridgehead atoms. The summed E-state index contributed by atoms with van der Waals surface area (Å²) in [6.45, 7) is 2.22. The maximum atomic E-state index is 12.8. The smallest absolute Gasteiger partial charge is 0.123 e. The van der Waals surface area contributed by atoms with Crippen LogP contribution in [0.15, 0.2) is 29.6 Å². The summed E-state index contributed by atoms with van der Waals surface area (Å²) in [6, 6.07) is 6.33. The van der Waals surface area contributed by atoms with E-state index in [1.165, 1.54) is 12.1 Å². The second kappa shape index (κ2) is 5.38. The summed E-state index contributed by atoms with van der Waals surface area (Å²) in [5, 5.41) is 11.9. The molecule has 0 saturated heterocycles. The maximum Gasteiger partial charge on any atom is 0.123 e. The molecule has 0 radical (unpaired) electrons. The predicted molar refractivity (Wildman–Crippen MR) is 67.6 cm³/mol. The lowest BCUT2D eigenvalue weighted by Crippen LogP contribution is -1.95. The Morgan fingerprint density at radius 1 is 1.35 bits per heavy atom. The third kappa shape index (κ3) is 2.90. The van der Waals surface area contributed by atoms with Gasteiger partial charge in [0, 0.05) is 23.5 Å². The first kappa shape index (κ1) is 12.2. The fourth-order valence-corrected chi connectivity index (χ4v) is 2.51. The third-order valence-electron chi connectivity index (χ3n) is 2.65. The van der Waals surface area contributed by atoms with Gasteiger partial charge in [0.25, 0.3) is 0 Å². The molecule has 2 aromatic rings. The number of rotatable bonds is 4. The number of hydrogen-bond donors (Lipinski definition) is 1. The molecule has 1 atom stereocenters. The van der Waals surface area contributed by atoms with E-state index < -0.39 is 0 Å². The Hall–Kier alpha value is -1.26. The number of aliphatic hydroxyl groups is 1. The van der Waals surface area contributed by atoms with Gasteiger partial charge < -0.3 is 5.11 Å². The van der Waals surface area contributed by atoms with Crippen LogP contribution in [0.5, 0.6) is 0 Å². The molecule has 0 aliphatic carbocycles. The van der Waals surface area contributed by atoms with Crippen molar-refractivity contribution in [3.05, 3.63) is 40.5 Å². The Morgan fingerprint density at radius 3 is 2.71 bits per heavy atom. The second-order valence-corrected chi connectivity index (χ2v) is 4.88. The molecule has 1 heterocycles. The molecular weight excluding hydrogens is 237 g/mol. The molecule has 17 heavy (non-hydrogen) atoms. The van der Waals surface area contributed by atoms with Gasteiger partial charge in [0.15, 0.2) is 0 Å². The summed E-state index contributed by atoms with van der Waals surface area (Å²) in [7, 11) is 0. The van der Waals surface area contributed by atoms with Gasteiger partial charge >= 0.3 is 0 Å². The topological polar surface area (TPSA) is 33.1 Å². The van der Waals surface area contributed by atoms with Gasteiger partial charge in [-0.15, -0.1) is 11.3 Å². The highest BCUT2D eigenvalue weighted by molar-refractivity contribution is 7.10. The normalized spacial score (nSPS) is 12.6. The summed E-state index contributed by atoms with van der Waals surface area (Å²) in [5.74, 6) is 0.0250. The molecule has 0 amide bonds. The Labute approximate surface area is 104 Å². The molecule has 1 aromatic carbocycles. The van der Waals surface area contributed by atoms with E-state index >= 15 is 0 Å². The van der Waals surface area contributed by atoms with Crippen molar-refractivity contribution in [3.63, 3.8) is 0 Å². The van der Waals surface area contributed by atoms with Crippen molar-refractivity contribution in [2.75, 3.05) is 6.61 Å². The number of benzene rings is 1. The Kier molecular flexibility index (Phi) is 3.86. The van der Waals surface area contributed by atoms with Crippen LogP contribution in [0.2, 0.25) is 0 Å². The molecule has 0 aliphatic heterocycles. The van der Waals surface area contributed by atoms with E-state index in [1.807, 2.05) is 12.3 Å².